The Morgan fingerprint density at radius 2 is 1.60 bits per heavy atom. The van der Waals surface area contributed by atoms with Gasteiger partial charge in [0.2, 0.25) is 0 Å². The standard InChI is InChI=1S/C14H17FN2O3/c1-9-8-17(14(19)20)10(2)7-16(9)13(18)11-3-5-12(15)6-4-11/h3-6,9-10H,7-8H2,1-2H3,(H,19,20)/t9-,10+/m1/s1. The van der Waals surface area contributed by atoms with Crippen molar-refractivity contribution in [2.45, 2.75) is 25.9 Å². The van der Waals surface area contributed by atoms with E-state index < -0.39 is 11.9 Å². The van der Waals surface area contributed by atoms with Crippen molar-refractivity contribution in [3.63, 3.8) is 0 Å². The van der Waals surface area contributed by atoms with Crippen molar-refractivity contribution in [2.24, 2.45) is 0 Å². The van der Waals surface area contributed by atoms with Gasteiger partial charge in [0.1, 0.15) is 5.82 Å². The smallest absolute Gasteiger partial charge is 0.407 e. The van der Waals surface area contributed by atoms with Gasteiger partial charge in [-0.05, 0) is 38.1 Å². The molecular weight excluding hydrogens is 263 g/mol. The zero-order valence-corrected chi connectivity index (χ0v) is 11.4. The lowest BCUT2D eigenvalue weighted by Gasteiger charge is -2.42. The minimum Gasteiger partial charge on any atom is -0.465 e. The average Bonchev–Trinajstić information content (AvgIpc) is 2.40. The van der Waals surface area contributed by atoms with Crippen LogP contribution in [-0.2, 0) is 0 Å². The number of hydrogen-bond donors (Lipinski definition) is 1. The van der Waals surface area contributed by atoms with E-state index in [1.54, 1.807) is 11.8 Å². The Morgan fingerprint density at radius 3 is 2.15 bits per heavy atom. The lowest BCUT2D eigenvalue weighted by molar-refractivity contribution is 0.0330. The van der Waals surface area contributed by atoms with Crippen molar-refractivity contribution in [3.8, 4) is 0 Å². The van der Waals surface area contributed by atoms with E-state index in [9.17, 15) is 14.0 Å². The summed E-state index contributed by atoms with van der Waals surface area (Å²) in [5.74, 6) is -0.590. The van der Waals surface area contributed by atoms with E-state index in [-0.39, 0.29) is 24.5 Å². The van der Waals surface area contributed by atoms with Gasteiger partial charge >= 0.3 is 6.09 Å². The van der Waals surface area contributed by atoms with E-state index in [1.807, 2.05) is 6.92 Å². The third-order valence-electron chi connectivity index (χ3n) is 3.58. The number of rotatable bonds is 1. The summed E-state index contributed by atoms with van der Waals surface area (Å²) in [6, 6.07) is 4.91. The molecular formula is C14H17FN2O3. The molecule has 1 saturated heterocycles. The van der Waals surface area contributed by atoms with Crippen molar-refractivity contribution in [2.75, 3.05) is 13.1 Å². The molecule has 1 heterocycles. The summed E-state index contributed by atoms with van der Waals surface area (Å²) in [5, 5.41) is 9.08. The number of nitrogens with zero attached hydrogens (tertiary/aromatic N) is 2. The maximum absolute atomic E-state index is 12.9. The number of benzene rings is 1. The molecule has 0 saturated carbocycles. The quantitative estimate of drug-likeness (QED) is 0.856. The van der Waals surface area contributed by atoms with Crippen LogP contribution in [0.2, 0.25) is 0 Å². The highest BCUT2D eigenvalue weighted by Gasteiger charge is 2.34. The Kier molecular flexibility index (Phi) is 3.92. The second kappa shape index (κ2) is 5.48. The molecule has 2 amide bonds. The lowest BCUT2D eigenvalue weighted by atomic mass is 10.1. The number of carboxylic acid groups (broad SMARTS) is 1. The van der Waals surface area contributed by atoms with E-state index in [2.05, 4.69) is 0 Å². The summed E-state index contributed by atoms with van der Waals surface area (Å²) in [6.07, 6.45) is -0.974. The molecule has 2 atom stereocenters. The van der Waals surface area contributed by atoms with Crippen LogP contribution >= 0.6 is 0 Å². The number of piperazine rings is 1. The predicted molar refractivity (Wildman–Crippen MR) is 71.1 cm³/mol. The van der Waals surface area contributed by atoms with E-state index in [0.29, 0.717) is 12.1 Å². The molecule has 20 heavy (non-hydrogen) atoms. The van der Waals surface area contributed by atoms with E-state index in [4.69, 9.17) is 5.11 Å². The molecule has 1 aliphatic rings. The molecule has 0 aliphatic carbocycles. The van der Waals surface area contributed by atoms with Crippen LogP contribution in [-0.4, -0.2) is 52.1 Å². The van der Waals surface area contributed by atoms with Crippen LogP contribution in [0.5, 0.6) is 0 Å². The number of hydrogen-bond acceptors (Lipinski definition) is 2. The second-order valence-corrected chi connectivity index (χ2v) is 5.10. The average molecular weight is 280 g/mol. The Morgan fingerprint density at radius 1 is 1.10 bits per heavy atom. The third-order valence-corrected chi connectivity index (χ3v) is 3.58. The summed E-state index contributed by atoms with van der Waals surface area (Å²) < 4.78 is 12.9. The predicted octanol–water partition coefficient (Wildman–Crippen LogP) is 2.04. The zero-order chi connectivity index (χ0) is 14.9. The van der Waals surface area contributed by atoms with Crippen LogP contribution in [0.15, 0.2) is 24.3 Å². The largest absolute Gasteiger partial charge is 0.465 e. The molecule has 0 bridgehead atoms. The minimum absolute atomic E-state index is 0.200. The molecule has 0 unspecified atom stereocenters. The molecule has 1 aromatic carbocycles. The topological polar surface area (TPSA) is 60.9 Å². The van der Waals surface area contributed by atoms with Gasteiger partial charge in [-0.1, -0.05) is 0 Å². The van der Waals surface area contributed by atoms with Gasteiger partial charge in [0.05, 0.1) is 0 Å². The Balaban J connectivity index is 2.15. The van der Waals surface area contributed by atoms with Crippen LogP contribution in [0, 0.1) is 5.82 Å². The van der Waals surface area contributed by atoms with E-state index in [0.717, 1.165) is 0 Å². The first kappa shape index (κ1) is 14.3. The first-order chi connectivity index (χ1) is 9.40. The Labute approximate surface area is 116 Å². The minimum atomic E-state index is -0.974. The van der Waals surface area contributed by atoms with Crippen LogP contribution < -0.4 is 0 Å². The fourth-order valence-corrected chi connectivity index (χ4v) is 2.43. The van der Waals surface area contributed by atoms with Gasteiger partial charge in [-0.2, -0.15) is 0 Å². The molecule has 1 aromatic rings. The van der Waals surface area contributed by atoms with E-state index >= 15 is 0 Å². The number of halogens is 1. The van der Waals surface area contributed by atoms with Gasteiger partial charge in [-0.3, -0.25) is 4.79 Å². The van der Waals surface area contributed by atoms with Crippen molar-refractivity contribution >= 4 is 12.0 Å². The Bertz CT molecular complexity index is 518. The van der Waals surface area contributed by atoms with E-state index in [1.165, 1.54) is 29.2 Å². The number of carbonyl (C=O) groups is 2. The molecule has 0 radical (unpaired) electrons. The summed E-state index contributed by atoms with van der Waals surface area (Å²) in [5.41, 5.74) is 0.411. The fraction of sp³-hybridized carbons (Fsp3) is 0.429. The molecule has 0 aromatic heterocycles. The normalized spacial score (nSPS) is 22.8. The molecule has 1 aliphatic heterocycles. The molecule has 2 rings (SSSR count). The van der Waals surface area contributed by atoms with Crippen molar-refractivity contribution in [1.29, 1.82) is 0 Å². The highest BCUT2D eigenvalue weighted by Crippen LogP contribution is 2.18. The first-order valence-corrected chi connectivity index (χ1v) is 6.46. The highest BCUT2D eigenvalue weighted by atomic mass is 19.1. The summed E-state index contributed by atoms with van der Waals surface area (Å²) in [7, 11) is 0. The van der Waals surface area contributed by atoms with Gasteiger partial charge in [0, 0.05) is 30.7 Å². The maximum atomic E-state index is 12.9. The van der Waals surface area contributed by atoms with Crippen molar-refractivity contribution in [1.82, 2.24) is 9.80 Å². The molecule has 0 spiro atoms. The lowest BCUT2D eigenvalue weighted by Crippen LogP contribution is -2.59. The summed E-state index contributed by atoms with van der Waals surface area (Å²) >= 11 is 0. The maximum Gasteiger partial charge on any atom is 0.407 e. The second-order valence-electron chi connectivity index (χ2n) is 5.10. The summed E-state index contributed by atoms with van der Waals surface area (Å²) in [6.45, 7) is 4.20. The SMILES string of the molecule is C[C@@H]1CN(C(=O)O)[C@@H](C)CN1C(=O)c1ccc(F)cc1. The van der Waals surface area contributed by atoms with Gasteiger partial charge in [0.25, 0.3) is 5.91 Å². The fourth-order valence-electron chi connectivity index (χ4n) is 2.43. The number of carbonyl (C=O) groups excluding carboxylic acids is 1. The highest BCUT2D eigenvalue weighted by molar-refractivity contribution is 5.94. The first-order valence-electron chi connectivity index (χ1n) is 6.46. The molecule has 1 fully saturated rings. The van der Waals surface area contributed by atoms with Crippen molar-refractivity contribution < 1.29 is 19.1 Å². The van der Waals surface area contributed by atoms with Crippen LogP contribution in [0.25, 0.3) is 0 Å². The molecule has 5 nitrogen and oxygen atoms in total. The third kappa shape index (κ3) is 2.74. The van der Waals surface area contributed by atoms with Gasteiger partial charge in [0.15, 0.2) is 0 Å². The van der Waals surface area contributed by atoms with Gasteiger partial charge in [-0.25, -0.2) is 9.18 Å². The molecule has 1 N–H and O–H groups in total. The van der Waals surface area contributed by atoms with Gasteiger partial charge in [-0.15, -0.1) is 0 Å². The number of amides is 2. The van der Waals surface area contributed by atoms with Crippen LogP contribution in [0.1, 0.15) is 24.2 Å². The van der Waals surface area contributed by atoms with Crippen molar-refractivity contribution in [3.05, 3.63) is 35.6 Å². The van der Waals surface area contributed by atoms with Gasteiger partial charge < -0.3 is 14.9 Å². The zero-order valence-electron chi connectivity index (χ0n) is 11.4. The summed E-state index contributed by atoms with van der Waals surface area (Å²) in [4.78, 5) is 26.4. The molecule has 6 heteroatoms. The Hall–Kier alpha value is -2.11. The van der Waals surface area contributed by atoms with Crippen LogP contribution in [0.4, 0.5) is 9.18 Å². The monoisotopic (exact) mass is 280 g/mol. The molecule has 108 valence electrons. The van der Waals surface area contributed by atoms with Crippen LogP contribution in [0.3, 0.4) is 0 Å².